The standard InChI is InChI=1S/C14H22N4OS/c1-14(2,19)10-17-6-8-18(9-7-17)13-11(12(15)20)4-3-5-16-13/h3-5,19H,6-10H2,1-2H3,(H2,15,20). The lowest BCUT2D eigenvalue weighted by Crippen LogP contribution is -2.51. The molecule has 0 aliphatic carbocycles. The van der Waals surface area contributed by atoms with E-state index in [1.165, 1.54) is 0 Å². The minimum absolute atomic E-state index is 0.382. The Bertz CT molecular complexity index is 478. The number of pyridine rings is 1. The monoisotopic (exact) mass is 294 g/mol. The van der Waals surface area contributed by atoms with Crippen molar-refractivity contribution in [2.75, 3.05) is 37.6 Å². The van der Waals surface area contributed by atoms with Gasteiger partial charge in [0.25, 0.3) is 0 Å². The highest BCUT2D eigenvalue weighted by Gasteiger charge is 2.24. The van der Waals surface area contributed by atoms with E-state index in [9.17, 15) is 5.11 Å². The maximum absolute atomic E-state index is 9.87. The highest BCUT2D eigenvalue weighted by molar-refractivity contribution is 7.80. The van der Waals surface area contributed by atoms with Crippen LogP contribution in [0.25, 0.3) is 0 Å². The SMILES string of the molecule is CC(C)(O)CN1CCN(c2ncccc2C(N)=S)CC1. The summed E-state index contributed by atoms with van der Waals surface area (Å²) >= 11 is 5.08. The molecule has 5 nitrogen and oxygen atoms in total. The van der Waals surface area contributed by atoms with Gasteiger partial charge in [0.2, 0.25) is 0 Å². The lowest BCUT2D eigenvalue weighted by molar-refractivity contribution is 0.0344. The number of β-amino-alcohol motifs (C(OH)–C–C–N with tert-alkyl or cyclic N) is 1. The maximum Gasteiger partial charge on any atom is 0.138 e. The highest BCUT2D eigenvalue weighted by Crippen LogP contribution is 2.19. The number of nitrogens with zero attached hydrogens (tertiary/aromatic N) is 3. The van der Waals surface area contributed by atoms with E-state index in [0.29, 0.717) is 11.5 Å². The molecule has 0 saturated carbocycles. The smallest absolute Gasteiger partial charge is 0.138 e. The van der Waals surface area contributed by atoms with Crippen molar-refractivity contribution in [1.82, 2.24) is 9.88 Å². The van der Waals surface area contributed by atoms with E-state index in [0.717, 1.165) is 37.6 Å². The Balaban J connectivity index is 2.03. The van der Waals surface area contributed by atoms with Crippen LogP contribution < -0.4 is 10.6 Å². The lowest BCUT2D eigenvalue weighted by Gasteiger charge is -2.38. The zero-order valence-electron chi connectivity index (χ0n) is 12.0. The third kappa shape index (κ3) is 3.88. The van der Waals surface area contributed by atoms with Crippen LogP contribution in [0.5, 0.6) is 0 Å². The molecular formula is C14H22N4OS. The zero-order valence-corrected chi connectivity index (χ0v) is 12.9. The van der Waals surface area contributed by atoms with Crippen molar-refractivity contribution in [2.24, 2.45) is 5.73 Å². The summed E-state index contributed by atoms with van der Waals surface area (Å²) in [6, 6.07) is 3.76. The average Bonchev–Trinajstić information content (AvgIpc) is 2.38. The van der Waals surface area contributed by atoms with E-state index < -0.39 is 5.60 Å². The summed E-state index contributed by atoms with van der Waals surface area (Å²) in [4.78, 5) is 9.26. The first-order valence-corrected chi connectivity index (χ1v) is 7.22. The molecule has 0 atom stereocenters. The summed E-state index contributed by atoms with van der Waals surface area (Å²) in [6.07, 6.45) is 1.76. The molecule has 2 rings (SSSR count). The fourth-order valence-corrected chi connectivity index (χ4v) is 2.67. The van der Waals surface area contributed by atoms with E-state index in [1.54, 1.807) is 6.20 Å². The van der Waals surface area contributed by atoms with Gasteiger partial charge in [0.1, 0.15) is 10.8 Å². The second-order valence-corrected chi connectivity index (χ2v) is 6.25. The van der Waals surface area contributed by atoms with E-state index >= 15 is 0 Å². The molecule has 1 fully saturated rings. The molecule has 0 bridgehead atoms. The number of thiocarbonyl (C=S) groups is 1. The average molecular weight is 294 g/mol. The van der Waals surface area contributed by atoms with Gasteiger partial charge in [0, 0.05) is 38.9 Å². The molecular weight excluding hydrogens is 272 g/mol. The Hall–Kier alpha value is -1.24. The number of hydrogen-bond donors (Lipinski definition) is 2. The molecule has 1 aliphatic heterocycles. The molecule has 2 heterocycles. The third-order valence-electron chi connectivity index (χ3n) is 3.33. The molecule has 1 aliphatic rings. The van der Waals surface area contributed by atoms with Crippen LogP contribution in [0.3, 0.4) is 0 Å². The Morgan fingerprint density at radius 1 is 1.40 bits per heavy atom. The first-order valence-electron chi connectivity index (χ1n) is 6.81. The van der Waals surface area contributed by atoms with Gasteiger partial charge < -0.3 is 15.7 Å². The van der Waals surface area contributed by atoms with Gasteiger partial charge >= 0.3 is 0 Å². The van der Waals surface area contributed by atoms with E-state index in [-0.39, 0.29) is 0 Å². The fraction of sp³-hybridized carbons (Fsp3) is 0.571. The molecule has 110 valence electrons. The summed E-state index contributed by atoms with van der Waals surface area (Å²) < 4.78 is 0. The van der Waals surface area contributed by atoms with Crippen LogP contribution in [-0.2, 0) is 0 Å². The van der Waals surface area contributed by atoms with Gasteiger partial charge in [-0.15, -0.1) is 0 Å². The predicted molar refractivity (Wildman–Crippen MR) is 85.1 cm³/mol. The normalized spacial score (nSPS) is 17.2. The van der Waals surface area contributed by atoms with Crippen LogP contribution in [0.4, 0.5) is 5.82 Å². The quantitative estimate of drug-likeness (QED) is 0.793. The molecule has 0 spiro atoms. The van der Waals surface area contributed by atoms with Gasteiger partial charge in [-0.25, -0.2) is 4.98 Å². The molecule has 6 heteroatoms. The van der Waals surface area contributed by atoms with E-state index in [4.69, 9.17) is 18.0 Å². The van der Waals surface area contributed by atoms with Crippen molar-refractivity contribution in [3.63, 3.8) is 0 Å². The summed E-state index contributed by atoms with van der Waals surface area (Å²) in [5.74, 6) is 0.864. The van der Waals surface area contributed by atoms with Crippen molar-refractivity contribution in [2.45, 2.75) is 19.4 Å². The van der Waals surface area contributed by atoms with Gasteiger partial charge in [-0.1, -0.05) is 12.2 Å². The molecule has 1 aromatic heterocycles. The summed E-state index contributed by atoms with van der Waals surface area (Å²) in [6.45, 7) is 7.89. The van der Waals surface area contributed by atoms with Gasteiger partial charge in [0.15, 0.2) is 0 Å². The van der Waals surface area contributed by atoms with Crippen molar-refractivity contribution in [1.29, 1.82) is 0 Å². The summed E-state index contributed by atoms with van der Waals surface area (Å²) in [5.41, 5.74) is 5.93. The topological polar surface area (TPSA) is 65.6 Å². The minimum Gasteiger partial charge on any atom is -0.389 e. The van der Waals surface area contributed by atoms with Crippen LogP contribution in [0.15, 0.2) is 18.3 Å². The molecule has 1 saturated heterocycles. The molecule has 1 aromatic rings. The van der Waals surface area contributed by atoms with E-state index in [1.807, 2.05) is 26.0 Å². The molecule has 3 N–H and O–H groups in total. The van der Waals surface area contributed by atoms with Crippen LogP contribution in [0, 0.1) is 0 Å². The van der Waals surface area contributed by atoms with Gasteiger partial charge in [-0.2, -0.15) is 0 Å². The van der Waals surface area contributed by atoms with Crippen molar-refractivity contribution < 1.29 is 5.11 Å². The van der Waals surface area contributed by atoms with Gasteiger partial charge in [-0.3, -0.25) is 4.90 Å². The van der Waals surface area contributed by atoms with Crippen LogP contribution in [-0.4, -0.2) is 58.3 Å². The molecule has 0 radical (unpaired) electrons. The first-order chi connectivity index (χ1) is 9.37. The Morgan fingerprint density at radius 3 is 2.60 bits per heavy atom. The number of hydrogen-bond acceptors (Lipinski definition) is 5. The number of anilines is 1. The first kappa shape index (κ1) is 15.2. The molecule has 0 amide bonds. The Labute approximate surface area is 125 Å². The van der Waals surface area contributed by atoms with Crippen LogP contribution in [0.1, 0.15) is 19.4 Å². The second-order valence-electron chi connectivity index (χ2n) is 5.81. The number of aliphatic hydroxyl groups is 1. The van der Waals surface area contributed by atoms with Gasteiger partial charge in [-0.05, 0) is 26.0 Å². The van der Waals surface area contributed by atoms with Crippen molar-refractivity contribution in [3.8, 4) is 0 Å². The predicted octanol–water partition coefficient (Wildman–Crippen LogP) is 0.609. The number of nitrogens with two attached hydrogens (primary N) is 1. The third-order valence-corrected chi connectivity index (χ3v) is 3.55. The van der Waals surface area contributed by atoms with Crippen molar-refractivity contribution >= 4 is 23.0 Å². The maximum atomic E-state index is 9.87. The minimum atomic E-state index is -0.656. The van der Waals surface area contributed by atoms with Crippen molar-refractivity contribution in [3.05, 3.63) is 23.9 Å². The highest BCUT2D eigenvalue weighted by atomic mass is 32.1. The second kappa shape index (κ2) is 6.03. The number of rotatable bonds is 4. The summed E-state index contributed by atoms with van der Waals surface area (Å²) in [7, 11) is 0. The zero-order chi connectivity index (χ0) is 14.8. The Morgan fingerprint density at radius 2 is 2.05 bits per heavy atom. The Kier molecular flexibility index (Phi) is 4.57. The number of aromatic nitrogens is 1. The van der Waals surface area contributed by atoms with E-state index in [2.05, 4.69) is 14.8 Å². The molecule has 0 aromatic carbocycles. The summed E-state index contributed by atoms with van der Waals surface area (Å²) in [5, 5.41) is 9.87. The van der Waals surface area contributed by atoms with Crippen LogP contribution >= 0.6 is 12.2 Å². The number of piperazine rings is 1. The molecule has 0 unspecified atom stereocenters. The largest absolute Gasteiger partial charge is 0.389 e. The van der Waals surface area contributed by atoms with Crippen LogP contribution in [0.2, 0.25) is 0 Å². The fourth-order valence-electron chi connectivity index (χ4n) is 2.51. The van der Waals surface area contributed by atoms with Gasteiger partial charge in [0.05, 0.1) is 11.2 Å². The lowest BCUT2D eigenvalue weighted by atomic mass is 10.1. The molecule has 20 heavy (non-hydrogen) atoms.